The molecule has 1 fully saturated rings. The van der Waals surface area contributed by atoms with Gasteiger partial charge in [0.25, 0.3) is 0 Å². The number of hydrogen-bond acceptors (Lipinski definition) is 4. The Balaban J connectivity index is 2.03. The van der Waals surface area contributed by atoms with E-state index in [1.165, 1.54) is 4.31 Å². The molecule has 2 aromatic carbocycles. The monoisotopic (exact) mass is 337 g/mol. The number of nitrogens with zero attached hydrogens (tertiary/aromatic N) is 1. The Morgan fingerprint density at radius 3 is 2.59 bits per heavy atom. The molecule has 3 atom stereocenters. The standard InChI is InChI=1S/C16H19NO3S2/c1-11(18)16-9-14(21)10-17(16)22(19,20)15-7-6-12-4-2-3-5-13(12)8-15/h2-8,11,14,16,18,21H,9-10H2,1H3/t11-,14+,16-/m0/s1. The topological polar surface area (TPSA) is 57.6 Å². The number of hydrogen-bond donors (Lipinski definition) is 2. The SMILES string of the molecule is C[C@H](O)[C@@H]1C[C@@H](S)CN1S(=O)(=O)c1ccc2ccccc2c1. The Kier molecular flexibility index (Phi) is 4.20. The van der Waals surface area contributed by atoms with E-state index in [2.05, 4.69) is 12.6 Å². The zero-order valence-corrected chi connectivity index (χ0v) is 14.0. The van der Waals surface area contributed by atoms with Crippen LogP contribution >= 0.6 is 12.6 Å². The van der Waals surface area contributed by atoms with Gasteiger partial charge >= 0.3 is 0 Å². The fraction of sp³-hybridized carbons (Fsp3) is 0.375. The summed E-state index contributed by atoms with van der Waals surface area (Å²) in [7, 11) is -3.63. The van der Waals surface area contributed by atoms with Crippen LogP contribution in [0.3, 0.4) is 0 Å². The summed E-state index contributed by atoms with van der Waals surface area (Å²) in [4.78, 5) is 0.263. The maximum absolute atomic E-state index is 12.9. The first-order valence-corrected chi connectivity index (χ1v) is 9.22. The Hall–Kier alpha value is -1.08. The van der Waals surface area contributed by atoms with Gasteiger partial charge in [0.1, 0.15) is 0 Å². The molecule has 1 aliphatic rings. The highest BCUT2D eigenvalue weighted by molar-refractivity contribution is 7.89. The van der Waals surface area contributed by atoms with Gasteiger partial charge in [0.2, 0.25) is 10.0 Å². The van der Waals surface area contributed by atoms with Gasteiger partial charge in [-0.05, 0) is 36.2 Å². The molecular formula is C16H19NO3S2. The second kappa shape index (κ2) is 5.85. The first-order valence-electron chi connectivity index (χ1n) is 7.26. The Labute approximate surface area is 136 Å². The lowest BCUT2D eigenvalue weighted by molar-refractivity contribution is 0.123. The van der Waals surface area contributed by atoms with Crippen LogP contribution in [0.2, 0.25) is 0 Å². The largest absolute Gasteiger partial charge is 0.392 e. The van der Waals surface area contributed by atoms with Crippen molar-refractivity contribution in [2.24, 2.45) is 0 Å². The molecule has 0 bridgehead atoms. The fourth-order valence-corrected chi connectivity index (χ4v) is 5.28. The Morgan fingerprint density at radius 2 is 1.91 bits per heavy atom. The number of sulfonamides is 1. The average Bonchev–Trinajstić information content (AvgIpc) is 2.90. The first kappa shape index (κ1) is 15.8. The van der Waals surface area contributed by atoms with Crippen LogP contribution in [0.4, 0.5) is 0 Å². The molecule has 0 amide bonds. The lowest BCUT2D eigenvalue weighted by atomic mass is 10.1. The highest BCUT2D eigenvalue weighted by Crippen LogP contribution is 2.31. The molecule has 0 aromatic heterocycles. The van der Waals surface area contributed by atoms with Gasteiger partial charge in [-0.1, -0.05) is 30.3 Å². The molecule has 3 rings (SSSR count). The summed E-state index contributed by atoms with van der Waals surface area (Å²) in [6.45, 7) is 1.95. The van der Waals surface area contributed by atoms with Gasteiger partial charge in [-0.15, -0.1) is 0 Å². The summed E-state index contributed by atoms with van der Waals surface area (Å²) in [5.41, 5.74) is 0. The molecule has 0 saturated carbocycles. The van der Waals surface area contributed by atoms with Crippen LogP contribution in [0, 0.1) is 0 Å². The summed E-state index contributed by atoms with van der Waals surface area (Å²) in [6.07, 6.45) is -0.152. The van der Waals surface area contributed by atoms with Crippen molar-refractivity contribution in [3.8, 4) is 0 Å². The van der Waals surface area contributed by atoms with Gasteiger partial charge < -0.3 is 5.11 Å². The molecule has 1 N–H and O–H groups in total. The van der Waals surface area contributed by atoms with Crippen molar-refractivity contribution in [1.82, 2.24) is 4.31 Å². The van der Waals surface area contributed by atoms with Crippen molar-refractivity contribution in [2.75, 3.05) is 6.54 Å². The lowest BCUT2D eigenvalue weighted by Gasteiger charge is -2.26. The molecule has 118 valence electrons. The molecule has 0 unspecified atom stereocenters. The summed E-state index contributed by atoms with van der Waals surface area (Å²) in [5, 5.41) is 11.7. The maximum Gasteiger partial charge on any atom is 0.243 e. The van der Waals surface area contributed by atoms with Gasteiger partial charge in [0.05, 0.1) is 17.0 Å². The molecule has 22 heavy (non-hydrogen) atoms. The molecule has 0 radical (unpaired) electrons. The zero-order valence-electron chi connectivity index (χ0n) is 12.3. The van der Waals surface area contributed by atoms with Crippen LogP contribution in [-0.2, 0) is 10.0 Å². The predicted octanol–water partition coefficient (Wildman–Crippen LogP) is 2.28. The van der Waals surface area contributed by atoms with Crippen LogP contribution in [0.25, 0.3) is 10.8 Å². The molecule has 6 heteroatoms. The summed E-state index contributed by atoms with van der Waals surface area (Å²) < 4.78 is 27.2. The highest BCUT2D eigenvalue weighted by Gasteiger charge is 2.41. The summed E-state index contributed by atoms with van der Waals surface area (Å²) >= 11 is 4.39. The molecule has 0 aliphatic carbocycles. The Bertz CT molecular complexity index is 789. The van der Waals surface area contributed by atoms with Crippen molar-refractivity contribution < 1.29 is 13.5 Å². The van der Waals surface area contributed by atoms with E-state index >= 15 is 0 Å². The van der Waals surface area contributed by atoms with E-state index in [-0.39, 0.29) is 10.1 Å². The van der Waals surface area contributed by atoms with Crippen molar-refractivity contribution in [3.05, 3.63) is 42.5 Å². The van der Waals surface area contributed by atoms with Crippen LogP contribution in [0.1, 0.15) is 13.3 Å². The third-order valence-electron chi connectivity index (χ3n) is 4.16. The molecule has 1 aliphatic heterocycles. The van der Waals surface area contributed by atoms with Gasteiger partial charge in [-0.25, -0.2) is 8.42 Å². The second-order valence-electron chi connectivity index (χ2n) is 5.78. The number of aliphatic hydroxyl groups is 1. The maximum atomic E-state index is 12.9. The van der Waals surface area contributed by atoms with Crippen molar-refractivity contribution in [1.29, 1.82) is 0 Å². The van der Waals surface area contributed by atoms with E-state index in [0.717, 1.165) is 10.8 Å². The van der Waals surface area contributed by atoms with Gasteiger partial charge in [0.15, 0.2) is 0 Å². The van der Waals surface area contributed by atoms with Gasteiger partial charge in [-0.2, -0.15) is 16.9 Å². The molecule has 1 heterocycles. The zero-order chi connectivity index (χ0) is 15.9. The number of thiol groups is 1. The van der Waals surface area contributed by atoms with E-state index in [4.69, 9.17) is 0 Å². The van der Waals surface area contributed by atoms with Crippen LogP contribution in [0.5, 0.6) is 0 Å². The van der Waals surface area contributed by atoms with Crippen LogP contribution in [0.15, 0.2) is 47.4 Å². The number of rotatable bonds is 3. The van der Waals surface area contributed by atoms with Gasteiger partial charge in [0, 0.05) is 11.8 Å². The summed E-state index contributed by atoms with van der Waals surface area (Å²) in [6, 6.07) is 12.4. The average molecular weight is 337 g/mol. The number of fused-ring (bicyclic) bond motifs is 1. The highest BCUT2D eigenvalue weighted by atomic mass is 32.2. The van der Waals surface area contributed by atoms with Crippen molar-refractivity contribution in [2.45, 2.75) is 35.6 Å². The van der Waals surface area contributed by atoms with E-state index in [0.29, 0.717) is 13.0 Å². The normalized spacial score (nSPS) is 24.7. The molecular weight excluding hydrogens is 318 g/mol. The number of benzene rings is 2. The van der Waals surface area contributed by atoms with Crippen molar-refractivity contribution in [3.63, 3.8) is 0 Å². The minimum Gasteiger partial charge on any atom is -0.392 e. The van der Waals surface area contributed by atoms with Gasteiger partial charge in [-0.3, -0.25) is 0 Å². The van der Waals surface area contributed by atoms with E-state index in [9.17, 15) is 13.5 Å². The lowest BCUT2D eigenvalue weighted by Crippen LogP contribution is -2.41. The van der Waals surface area contributed by atoms with E-state index in [1.54, 1.807) is 19.1 Å². The smallest absolute Gasteiger partial charge is 0.243 e. The third kappa shape index (κ3) is 2.76. The minimum atomic E-state index is -3.63. The molecule has 4 nitrogen and oxygen atoms in total. The van der Waals surface area contributed by atoms with Crippen LogP contribution in [-0.4, -0.2) is 41.8 Å². The second-order valence-corrected chi connectivity index (χ2v) is 8.40. The number of aliphatic hydroxyl groups excluding tert-OH is 1. The molecule has 2 aromatic rings. The quantitative estimate of drug-likeness (QED) is 0.845. The van der Waals surface area contributed by atoms with Crippen LogP contribution < -0.4 is 0 Å². The minimum absolute atomic E-state index is 0.0465. The van der Waals surface area contributed by atoms with E-state index < -0.39 is 22.2 Å². The fourth-order valence-electron chi connectivity index (χ4n) is 2.99. The Morgan fingerprint density at radius 1 is 1.23 bits per heavy atom. The van der Waals surface area contributed by atoms with Crippen molar-refractivity contribution >= 4 is 33.4 Å². The summed E-state index contributed by atoms with van der Waals surface area (Å²) in [5.74, 6) is 0. The molecule has 1 saturated heterocycles. The first-order chi connectivity index (χ1) is 10.4. The predicted molar refractivity (Wildman–Crippen MR) is 90.7 cm³/mol. The third-order valence-corrected chi connectivity index (χ3v) is 6.42. The van der Waals surface area contributed by atoms with E-state index in [1.807, 2.05) is 30.3 Å². The molecule has 0 spiro atoms.